The zero-order chi connectivity index (χ0) is 22.7. The molecule has 2 aromatic carbocycles. The van der Waals surface area contributed by atoms with E-state index in [4.69, 9.17) is 19.8 Å². The molecule has 0 heterocycles. The van der Waals surface area contributed by atoms with Gasteiger partial charge < -0.3 is 25.2 Å². The third-order valence-electron chi connectivity index (χ3n) is 4.53. The van der Waals surface area contributed by atoms with Crippen LogP contribution >= 0.6 is 0 Å². The Labute approximate surface area is 183 Å². The summed E-state index contributed by atoms with van der Waals surface area (Å²) in [5, 5.41) is 10.7. The van der Waals surface area contributed by atoms with E-state index in [-0.39, 0.29) is 19.8 Å². The molecule has 0 aliphatic heterocycles. The van der Waals surface area contributed by atoms with Crippen molar-refractivity contribution in [1.82, 2.24) is 0 Å². The molecule has 172 valence electrons. The van der Waals surface area contributed by atoms with Crippen LogP contribution in [-0.2, 0) is 24.1 Å². The molecule has 0 saturated carbocycles. The van der Waals surface area contributed by atoms with E-state index in [0.717, 1.165) is 16.8 Å². The van der Waals surface area contributed by atoms with E-state index in [9.17, 15) is 13.5 Å². The standard InChI is InChI=1S/C21H30N2O7S/c1-17-15-19(7-8-20(17)22)23(16-21(24)18-5-3-2-4-6-18)9-10-28-11-12-29-13-14-30-31(25,26)27/h2-8,15,21,24H,9-14,16,22H2,1H3,(H,25,26,27). The topological polar surface area (TPSA) is 132 Å². The number of hydrogen-bond donors (Lipinski definition) is 3. The molecule has 1 unspecified atom stereocenters. The summed E-state index contributed by atoms with van der Waals surface area (Å²) in [6, 6.07) is 15.2. The molecule has 0 amide bonds. The Kier molecular flexibility index (Phi) is 10.2. The number of nitrogen functional groups attached to an aromatic ring is 1. The molecule has 31 heavy (non-hydrogen) atoms. The van der Waals surface area contributed by atoms with Crippen LogP contribution in [0.15, 0.2) is 48.5 Å². The van der Waals surface area contributed by atoms with E-state index in [1.54, 1.807) is 0 Å². The molecule has 2 rings (SSSR count). The summed E-state index contributed by atoms with van der Waals surface area (Å²) < 4.78 is 44.2. The molecule has 0 aromatic heterocycles. The molecule has 4 N–H and O–H groups in total. The fourth-order valence-electron chi connectivity index (χ4n) is 2.87. The van der Waals surface area contributed by atoms with Crippen LogP contribution in [0, 0.1) is 6.92 Å². The predicted molar refractivity (Wildman–Crippen MR) is 118 cm³/mol. The van der Waals surface area contributed by atoms with Gasteiger partial charge in [0, 0.05) is 24.5 Å². The lowest BCUT2D eigenvalue weighted by atomic mass is 10.1. The van der Waals surface area contributed by atoms with Crippen LogP contribution in [0.5, 0.6) is 0 Å². The highest BCUT2D eigenvalue weighted by atomic mass is 32.3. The Morgan fingerprint density at radius 3 is 2.29 bits per heavy atom. The van der Waals surface area contributed by atoms with Crippen LogP contribution in [0.3, 0.4) is 0 Å². The van der Waals surface area contributed by atoms with Crippen LogP contribution in [-0.4, -0.2) is 64.2 Å². The fourth-order valence-corrected chi connectivity index (χ4v) is 3.15. The lowest BCUT2D eigenvalue weighted by Gasteiger charge is -2.28. The van der Waals surface area contributed by atoms with Crippen LogP contribution in [0.4, 0.5) is 11.4 Å². The molecule has 10 heteroatoms. The highest BCUT2D eigenvalue weighted by Crippen LogP contribution is 2.23. The number of nitrogens with two attached hydrogens (primary N) is 1. The molecule has 2 aromatic rings. The van der Waals surface area contributed by atoms with Gasteiger partial charge in [-0.25, -0.2) is 4.18 Å². The van der Waals surface area contributed by atoms with Crippen molar-refractivity contribution >= 4 is 21.8 Å². The van der Waals surface area contributed by atoms with Crippen molar-refractivity contribution in [2.75, 3.05) is 56.8 Å². The fraction of sp³-hybridized carbons (Fsp3) is 0.429. The summed E-state index contributed by atoms with van der Waals surface area (Å²) in [6.45, 7) is 3.58. The average molecular weight is 455 g/mol. The molecule has 0 fully saturated rings. The average Bonchev–Trinajstić information content (AvgIpc) is 2.73. The van der Waals surface area contributed by atoms with Gasteiger partial charge >= 0.3 is 10.4 Å². The number of ether oxygens (including phenoxy) is 2. The van der Waals surface area contributed by atoms with E-state index in [1.807, 2.05) is 60.4 Å². The molecular weight excluding hydrogens is 424 g/mol. The summed E-state index contributed by atoms with van der Waals surface area (Å²) in [5.41, 5.74) is 9.36. The summed E-state index contributed by atoms with van der Waals surface area (Å²) in [5.74, 6) is 0. The van der Waals surface area contributed by atoms with Gasteiger partial charge in [-0.1, -0.05) is 30.3 Å². The summed E-state index contributed by atoms with van der Waals surface area (Å²) >= 11 is 0. The Bertz CT molecular complexity index is 894. The van der Waals surface area contributed by atoms with Crippen LogP contribution in [0.2, 0.25) is 0 Å². The number of nitrogens with zero attached hydrogens (tertiary/aromatic N) is 1. The van der Waals surface area contributed by atoms with Crippen molar-refractivity contribution in [3.63, 3.8) is 0 Å². The number of aliphatic hydroxyl groups is 1. The normalized spacial score (nSPS) is 12.6. The van der Waals surface area contributed by atoms with Gasteiger partial charge in [0.05, 0.1) is 39.1 Å². The van der Waals surface area contributed by atoms with Gasteiger partial charge in [0.15, 0.2) is 0 Å². The van der Waals surface area contributed by atoms with E-state index in [0.29, 0.717) is 32.0 Å². The van der Waals surface area contributed by atoms with Crippen molar-refractivity contribution in [3.8, 4) is 0 Å². The van der Waals surface area contributed by atoms with E-state index >= 15 is 0 Å². The minimum absolute atomic E-state index is 0.0171. The Morgan fingerprint density at radius 1 is 1.00 bits per heavy atom. The van der Waals surface area contributed by atoms with Gasteiger partial charge in [0.2, 0.25) is 0 Å². The second-order valence-electron chi connectivity index (χ2n) is 6.89. The molecule has 0 bridgehead atoms. The highest BCUT2D eigenvalue weighted by molar-refractivity contribution is 7.80. The van der Waals surface area contributed by atoms with Gasteiger partial charge in [0.25, 0.3) is 0 Å². The molecule has 0 spiro atoms. The van der Waals surface area contributed by atoms with Crippen molar-refractivity contribution in [1.29, 1.82) is 0 Å². The Balaban J connectivity index is 1.83. The van der Waals surface area contributed by atoms with Crippen LogP contribution in [0.25, 0.3) is 0 Å². The van der Waals surface area contributed by atoms with Gasteiger partial charge in [0.1, 0.15) is 0 Å². The third-order valence-corrected chi connectivity index (χ3v) is 5.00. The van der Waals surface area contributed by atoms with Crippen LogP contribution in [0.1, 0.15) is 17.2 Å². The predicted octanol–water partition coefficient (Wildman–Crippen LogP) is 1.97. The number of aliphatic hydroxyl groups excluding tert-OH is 1. The number of benzene rings is 2. The first-order valence-corrected chi connectivity index (χ1v) is 11.2. The number of aryl methyl sites for hydroxylation is 1. The van der Waals surface area contributed by atoms with Crippen molar-refractivity contribution in [2.45, 2.75) is 13.0 Å². The van der Waals surface area contributed by atoms with Gasteiger partial charge in [-0.05, 0) is 36.2 Å². The second kappa shape index (κ2) is 12.6. The maximum Gasteiger partial charge on any atom is 0.397 e. The minimum atomic E-state index is -4.44. The van der Waals surface area contributed by atoms with Gasteiger partial charge in [-0.2, -0.15) is 8.42 Å². The highest BCUT2D eigenvalue weighted by Gasteiger charge is 2.15. The second-order valence-corrected chi connectivity index (χ2v) is 7.98. The quantitative estimate of drug-likeness (QED) is 0.223. The van der Waals surface area contributed by atoms with Crippen molar-refractivity contribution in [3.05, 3.63) is 59.7 Å². The third kappa shape index (κ3) is 9.64. The maximum atomic E-state index is 10.7. The van der Waals surface area contributed by atoms with E-state index in [2.05, 4.69) is 4.18 Å². The summed E-state index contributed by atoms with van der Waals surface area (Å²) in [7, 11) is -4.44. The number of rotatable bonds is 14. The first kappa shape index (κ1) is 25.1. The van der Waals surface area contributed by atoms with E-state index < -0.39 is 16.5 Å². The van der Waals surface area contributed by atoms with Gasteiger partial charge in [-0.15, -0.1) is 0 Å². The maximum absolute atomic E-state index is 10.7. The monoisotopic (exact) mass is 454 g/mol. The van der Waals surface area contributed by atoms with Gasteiger partial charge in [-0.3, -0.25) is 4.55 Å². The number of anilines is 2. The SMILES string of the molecule is Cc1cc(N(CCOCCOCCOS(=O)(=O)O)CC(O)c2ccccc2)ccc1N. The molecule has 0 aliphatic rings. The Hall–Kier alpha value is -2.21. The number of hydrogen-bond acceptors (Lipinski definition) is 8. The smallest absolute Gasteiger partial charge is 0.397 e. The first-order valence-electron chi connectivity index (χ1n) is 9.87. The molecule has 1 atom stereocenters. The van der Waals surface area contributed by atoms with Crippen molar-refractivity contribution < 1.29 is 31.7 Å². The van der Waals surface area contributed by atoms with Crippen LogP contribution < -0.4 is 10.6 Å². The molecule has 9 nitrogen and oxygen atoms in total. The van der Waals surface area contributed by atoms with Crippen molar-refractivity contribution in [2.24, 2.45) is 0 Å². The first-order chi connectivity index (χ1) is 14.8. The summed E-state index contributed by atoms with van der Waals surface area (Å²) in [4.78, 5) is 2.03. The summed E-state index contributed by atoms with van der Waals surface area (Å²) in [6.07, 6.45) is -0.662. The minimum Gasteiger partial charge on any atom is -0.399 e. The lowest BCUT2D eigenvalue weighted by Crippen LogP contribution is -2.32. The van der Waals surface area contributed by atoms with E-state index in [1.165, 1.54) is 0 Å². The molecular formula is C21H30N2O7S. The molecule has 0 saturated heterocycles. The molecule has 0 radical (unpaired) electrons. The molecule has 0 aliphatic carbocycles. The Morgan fingerprint density at radius 2 is 1.65 bits per heavy atom. The zero-order valence-electron chi connectivity index (χ0n) is 17.5. The largest absolute Gasteiger partial charge is 0.399 e. The lowest BCUT2D eigenvalue weighted by molar-refractivity contribution is 0.0374. The zero-order valence-corrected chi connectivity index (χ0v) is 18.3.